The molecule has 1 aromatic carbocycles. The Balaban J connectivity index is 1.78. The second-order valence-corrected chi connectivity index (χ2v) is 5.75. The van der Waals surface area contributed by atoms with E-state index >= 15 is 0 Å². The molecule has 0 saturated carbocycles. The highest BCUT2D eigenvalue weighted by molar-refractivity contribution is 5.95. The Labute approximate surface area is 126 Å². The van der Waals surface area contributed by atoms with Gasteiger partial charge in [-0.25, -0.2) is 0 Å². The van der Waals surface area contributed by atoms with E-state index in [0.717, 1.165) is 32.0 Å². The van der Waals surface area contributed by atoms with Gasteiger partial charge in [-0.3, -0.25) is 4.79 Å². The summed E-state index contributed by atoms with van der Waals surface area (Å²) >= 11 is 0. The zero-order chi connectivity index (χ0) is 15.2. The van der Waals surface area contributed by atoms with Crippen LogP contribution in [0.25, 0.3) is 0 Å². The molecule has 3 N–H and O–H groups in total. The first-order chi connectivity index (χ1) is 10.1. The highest BCUT2D eigenvalue weighted by Gasteiger charge is 2.16. The second kappa shape index (κ2) is 7.31. The predicted octanol–water partition coefficient (Wildman–Crippen LogP) is 1.74. The minimum atomic E-state index is -0.0720. The second-order valence-electron chi connectivity index (χ2n) is 5.75. The van der Waals surface area contributed by atoms with Crippen LogP contribution in [-0.2, 0) is 0 Å². The first kappa shape index (κ1) is 15.6. The summed E-state index contributed by atoms with van der Waals surface area (Å²) in [7, 11) is 3.72. The van der Waals surface area contributed by atoms with Crippen LogP contribution in [0.2, 0.25) is 0 Å². The number of hydrogen-bond acceptors (Lipinski definition) is 4. The number of piperidine rings is 1. The van der Waals surface area contributed by atoms with Crippen molar-refractivity contribution in [3.05, 3.63) is 23.8 Å². The van der Waals surface area contributed by atoms with Crippen molar-refractivity contribution in [3.63, 3.8) is 0 Å². The molecule has 1 aliphatic heterocycles. The normalized spacial score (nSPS) is 16.7. The third-order valence-corrected chi connectivity index (χ3v) is 4.17. The molecule has 1 fully saturated rings. The van der Waals surface area contributed by atoms with E-state index in [1.165, 1.54) is 12.8 Å². The number of hydrogen-bond donors (Lipinski definition) is 2. The Morgan fingerprint density at radius 1 is 1.43 bits per heavy atom. The number of anilines is 1. The minimum Gasteiger partial charge on any atom is -0.495 e. The number of nitrogens with two attached hydrogens (primary N) is 1. The number of nitrogens with zero attached hydrogens (tertiary/aromatic N) is 1. The molecule has 0 spiro atoms. The Bertz CT molecular complexity index is 482. The van der Waals surface area contributed by atoms with E-state index in [4.69, 9.17) is 10.5 Å². The van der Waals surface area contributed by atoms with Crippen molar-refractivity contribution < 1.29 is 9.53 Å². The maximum atomic E-state index is 12.1. The van der Waals surface area contributed by atoms with E-state index in [0.29, 0.717) is 17.0 Å². The summed E-state index contributed by atoms with van der Waals surface area (Å²) in [4.78, 5) is 14.4. The Morgan fingerprint density at radius 2 is 2.14 bits per heavy atom. The first-order valence-electron chi connectivity index (χ1n) is 7.50. The van der Waals surface area contributed by atoms with E-state index in [1.807, 2.05) is 0 Å². The van der Waals surface area contributed by atoms with Crippen LogP contribution in [0.5, 0.6) is 5.75 Å². The number of nitrogens with one attached hydrogen (secondary N) is 1. The molecular weight excluding hydrogens is 266 g/mol. The van der Waals surface area contributed by atoms with Gasteiger partial charge >= 0.3 is 0 Å². The lowest BCUT2D eigenvalue weighted by atomic mass is 9.94. The molecule has 1 amide bonds. The van der Waals surface area contributed by atoms with Crippen LogP contribution in [0.15, 0.2) is 18.2 Å². The molecule has 1 saturated heterocycles. The van der Waals surface area contributed by atoms with E-state index in [-0.39, 0.29) is 5.91 Å². The number of likely N-dealkylation sites (tertiary alicyclic amines) is 1. The molecular formula is C16H25N3O2. The van der Waals surface area contributed by atoms with Crippen molar-refractivity contribution in [2.45, 2.75) is 19.3 Å². The zero-order valence-electron chi connectivity index (χ0n) is 12.9. The number of methoxy groups -OCH3 is 1. The van der Waals surface area contributed by atoms with Gasteiger partial charge in [-0.15, -0.1) is 0 Å². The van der Waals surface area contributed by atoms with Crippen LogP contribution in [0, 0.1) is 5.92 Å². The monoisotopic (exact) mass is 291 g/mol. The average molecular weight is 291 g/mol. The number of benzene rings is 1. The molecule has 5 heteroatoms. The maximum Gasteiger partial charge on any atom is 0.251 e. The fourth-order valence-electron chi connectivity index (χ4n) is 2.72. The summed E-state index contributed by atoms with van der Waals surface area (Å²) in [5.41, 5.74) is 6.89. The molecule has 5 nitrogen and oxygen atoms in total. The lowest BCUT2D eigenvalue weighted by Crippen LogP contribution is -2.32. The van der Waals surface area contributed by atoms with Crippen molar-refractivity contribution >= 4 is 11.6 Å². The minimum absolute atomic E-state index is 0.0720. The molecule has 1 aromatic rings. The fourth-order valence-corrected chi connectivity index (χ4v) is 2.72. The van der Waals surface area contributed by atoms with E-state index in [2.05, 4.69) is 17.3 Å². The van der Waals surface area contributed by atoms with Crippen molar-refractivity contribution in [3.8, 4) is 5.75 Å². The van der Waals surface area contributed by atoms with Crippen molar-refractivity contribution in [2.75, 3.05) is 39.5 Å². The molecule has 0 unspecified atom stereocenters. The number of ether oxygens (including phenoxy) is 1. The van der Waals surface area contributed by atoms with Crippen LogP contribution in [0.1, 0.15) is 29.6 Å². The maximum absolute atomic E-state index is 12.1. The topological polar surface area (TPSA) is 67.6 Å². The molecule has 0 atom stereocenters. The molecule has 0 aliphatic carbocycles. The predicted molar refractivity (Wildman–Crippen MR) is 84.6 cm³/mol. The van der Waals surface area contributed by atoms with Crippen LogP contribution in [0.3, 0.4) is 0 Å². The molecule has 0 bridgehead atoms. The Morgan fingerprint density at radius 3 is 2.76 bits per heavy atom. The van der Waals surface area contributed by atoms with E-state index in [1.54, 1.807) is 25.3 Å². The first-order valence-corrected chi connectivity index (χ1v) is 7.50. The van der Waals surface area contributed by atoms with Gasteiger partial charge in [-0.05, 0) is 63.5 Å². The molecule has 1 aliphatic rings. The summed E-state index contributed by atoms with van der Waals surface area (Å²) in [6, 6.07) is 5.12. The highest BCUT2D eigenvalue weighted by Crippen LogP contribution is 2.22. The van der Waals surface area contributed by atoms with Gasteiger partial charge in [-0.1, -0.05) is 0 Å². The van der Waals surface area contributed by atoms with Crippen LogP contribution < -0.4 is 15.8 Å². The third kappa shape index (κ3) is 4.36. The SMILES string of the molecule is COc1ccc(C(=O)NCCC2CCN(C)CC2)cc1N. The summed E-state index contributed by atoms with van der Waals surface area (Å²) in [6.07, 6.45) is 3.49. The number of nitrogen functional groups attached to an aromatic ring is 1. The van der Waals surface area contributed by atoms with Crippen molar-refractivity contribution in [2.24, 2.45) is 5.92 Å². The Hall–Kier alpha value is -1.75. The van der Waals surface area contributed by atoms with Crippen molar-refractivity contribution in [1.29, 1.82) is 0 Å². The van der Waals surface area contributed by atoms with Crippen LogP contribution in [-0.4, -0.2) is 44.6 Å². The summed E-state index contributed by atoms with van der Waals surface area (Å²) < 4.78 is 5.09. The summed E-state index contributed by atoms with van der Waals surface area (Å²) in [5, 5.41) is 2.97. The van der Waals surface area contributed by atoms with Gasteiger partial charge in [0.1, 0.15) is 5.75 Å². The third-order valence-electron chi connectivity index (χ3n) is 4.17. The van der Waals surface area contributed by atoms with Gasteiger partial charge in [0.05, 0.1) is 12.8 Å². The van der Waals surface area contributed by atoms with Gasteiger partial charge in [-0.2, -0.15) is 0 Å². The lowest BCUT2D eigenvalue weighted by molar-refractivity contribution is 0.0949. The van der Waals surface area contributed by atoms with Gasteiger partial charge < -0.3 is 20.7 Å². The van der Waals surface area contributed by atoms with E-state index < -0.39 is 0 Å². The van der Waals surface area contributed by atoms with Crippen molar-refractivity contribution in [1.82, 2.24) is 10.2 Å². The number of carbonyl (C=O) groups is 1. The van der Waals surface area contributed by atoms with Gasteiger partial charge in [0.15, 0.2) is 0 Å². The van der Waals surface area contributed by atoms with Crippen LogP contribution in [0.4, 0.5) is 5.69 Å². The molecule has 116 valence electrons. The lowest BCUT2D eigenvalue weighted by Gasteiger charge is -2.28. The standard InChI is InChI=1S/C16H25N3O2/c1-19-9-6-12(7-10-19)5-8-18-16(20)13-3-4-15(21-2)14(17)11-13/h3-4,11-12H,5-10,17H2,1-2H3,(H,18,20). The molecule has 0 radical (unpaired) electrons. The average Bonchev–Trinajstić information content (AvgIpc) is 2.49. The summed E-state index contributed by atoms with van der Waals surface area (Å²) in [5.74, 6) is 1.25. The van der Waals surface area contributed by atoms with Crippen LogP contribution >= 0.6 is 0 Å². The molecule has 21 heavy (non-hydrogen) atoms. The summed E-state index contributed by atoms with van der Waals surface area (Å²) in [6.45, 7) is 3.04. The quantitative estimate of drug-likeness (QED) is 0.811. The molecule has 1 heterocycles. The number of rotatable bonds is 5. The fraction of sp³-hybridized carbons (Fsp3) is 0.562. The van der Waals surface area contributed by atoms with Gasteiger partial charge in [0.25, 0.3) is 5.91 Å². The number of carbonyl (C=O) groups excluding carboxylic acids is 1. The van der Waals surface area contributed by atoms with Gasteiger partial charge in [0, 0.05) is 12.1 Å². The Kier molecular flexibility index (Phi) is 5.44. The largest absolute Gasteiger partial charge is 0.495 e. The molecule has 0 aromatic heterocycles. The van der Waals surface area contributed by atoms with Gasteiger partial charge in [0.2, 0.25) is 0 Å². The smallest absolute Gasteiger partial charge is 0.251 e. The zero-order valence-corrected chi connectivity index (χ0v) is 12.9. The molecule has 2 rings (SSSR count). The number of amides is 1. The van der Waals surface area contributed by atoms with E-state index in [9.17, 15) is 4.79 Å². The highest BCUT2D eigenvalue weighted by atomic mass is 16.5.